The topological polar surface area (TPSA) is 87.7 Å². The van der Waals surface area contributed by atoms with Crippen molar-refractivity contribution in [2.45, 2.75) is 32.5 Å². The van der Waals surface area contributed by atoms with Crippen molar-refractivity contribution < 1.29 is 23.8 Å². The van der Waals surface area contributed by atoms with E-state index >= 15 is 0 Å². The summed E-state index contributed by atoms with van der Waals surface area (Å²) in [6.07, 6.45) is -1.60. The number of ether oxygens (including phenoxy) is 1. The van der Waals surface area contributed by atoms with Crippen molar-refractivity contribution in [1.29, 1.82) is 0 Å². The Morgan fingerprint density at radius 2 is 1.81 bits per heavy atom. The monoisotopic (exact) mass is 374 g/mol. The summed E-state index contributed by atoms with van der Waals surface area (Å²) >= 11 is 0. The Morgan fingerprint density at radius 3 is 2.41 bits per heavy atom. The zero-order chi connectivity index (χ0) is 20.0. The predicted molar refractivity (Wildman–Crippen MR) is 100.0 cm³/mol. The fourth-order valence-corrected chi connectivity index (χ4v) is 2.25. The molecule has 0 aliphatic rings. The van der Waals surface area contributed by atoms with E-state index in [9.17, 15) is 19.1 Å². The van der Waals surface area contributed by atoms with E-state index in [4.69, 9.17) is 4.74 Å². The Balaban J connectivity index is 1.89. The normalized spacial score (nSPS) is 12.2. The first-order valence-corrected chi connectivity index (χ1v) is 8.46. The van der Waals surface area contributed by atoms with Crippen molar-refractivity contribution in [1.82, 2.24) is 5.32 Å². The second-order valence-corrected chi connectivity index (χ2v) is 6.99. The molecule has 0 spiro atoms. The standard InChI is InChI=1S/C20H23FN2O4/c1-20(2,3)27-19(26)23-16-9-7-13(8-10-16)18(25)22-12-17(24)14-5-4-6-15(21)11-14/h4-11,17,24H,12H2,1-3H3,(H,22,25)(H,23,26). The van der Waals surface area contributed by atoms with Gasteiger partial charge in [0.05, 0.1) is 6.10 Å². The number of hydrogen-bond donors (Lipinski definition) is 3. The van der Waals surface area contributed by atoms with Crippen LogP contribution in [0.1, 0.15) is 42.8 Å². The van der Waals surface area contributed by atoms with Crippen molar-refractivity contribution in [3.8, 4) is 0 Å². The number of aliphatic hydroxyl groups excluding tert-OH is 1. The van der Waals surface area contributed by atoms with Gasteiger partial charge < -0.3 is 15.2 Å². The van der Waals surface area contributed by atoms with Crippen LogP contribution in [0, 0.1) is 5.82 Å². The number of aliphatic hydroxyl groups is 1. The molecule has 0 heterocycles. The molecule has 7 heteroatoms. The average molecular weight is 374 g/mol. The highest BCUT2D eigenvalue weighted by Crippen LogP contribution is 2.15. The van der Waals surface area contributed by atoms with Crippen LogP contribution in [0.2, 0.25) is 0 Å². The van der Waals surface area contributed by atoms with Crippen LogP contribution < -0.4 is 10.6 Å². The molecule has 27 heavy (non-hydrogen) atoms. The molecule has 0 radical (unpaired) electrons. The van der Waals surface area contributed by atoms with Crippen LogP contribution in [0.15, 0.2) is 48.5 Å². The first kappa shape index (κ1) is 20.4. The molecule has 0 aliphatic heterocycles. The van der Waals surface area contributed by atoms with Crippen molar-refractivity contribution in [2.24, 2.45) is 0 Å². The highest BCUT2D eigenvalue weighted by Gasteiger charge is 2.16. The fourth-order valence-electron chi connectivity index (χ4n) is 2.25. The molecule has 0 aromatic heterocycles. The molecule has 2 aromatic carbocycles. The lowest BCUT2D eigenvalue weighted by Gasteiger charge is -2.19. The van der Waals surface area contributed by atoms with Crippen LogP contribution in [0.4, 0.5) is 14.9 Å². The van der Waals surface area contributed by atoms with Gasteiger partial charge in [-0.1, -0.05) is 12.1 Å². The number of anilines is 1. The lowest BCUT2D eigenvalue weighted by Crippen LogP contribution is -2.28. The second kappa shape index (κ2) is 8.64. The molecule has 0 aliphatic carbocycles. The second-order valence-electron chi connectivity index (χ2n) is 6.99. The summed E-state index contributed by atoms with van der Waals surface area (Å²) < 4.78 is 18.3. The molecule has 0 bridgehead atoms. The van der Waals surface area contributed by atoms with Gasteiger partial charge in [0.2, 0.25) is 0 Å². The summed E-state index contributed by atoms with van der Waals surface area (Å²) in [5, 5.41) is 15.2. The Hall–Kier alpha value is -2.93. The SMILES string of the molecule is CC(C)(C)OC(=O)Nc1ccc(C(=O)NCC(O)c2cccc(F)c2)cc1. The molecular weight excluding hydrogens is 351 g/mol. The van der Waals surface area contributed by atoms with Crippen LogP contribution in [-0.2, 0) is 4.74 Å². The Morgan fingerprint density at radius 1 is 1.15 bits per heavy atom. The van der Waals surface area contributed by atoms with E-state index < -0.39 is 29.5 Å². The third kappa shape index (κ3) is 6.71. The van der Waals surface area contributed by atoms with E-state index in [1.165, 1.54) is 30.3 Å². The van der Waals surface area contributed by atoms with Crippen LogP contribution in [0.3, 0.4) is 0 Å². The van der Waals surface area contributed by atoms with E-state index in [0.29, 0.717) is 16.8 Å². The smallest absolute Gasteiger partial charge is 0.412 e. The van der Waals surface area contributed by atoms with Gasteiger partial charge in [-0.05, 0) is 62.7 Å². The van der Waals surface area contributed by atoms with Gasteiger partial charge in [-0.15, -0.1) is 0 Å². The first-order chi connectivity index (χ1) is 12.6. The van der Waals surface area contributed by atoms with Crippen molar-refractivity contribution in [2.75, 3.05) is 11.9 Å². The highest BCUT2D eigenvalue weighted by atomic mass is 19.1. The molecule has 0 fully saturated rings. The van der Waals surface area contributed by atoms with E-state index in [-0.39, 0.29) is 6.54 Å². The lowest BCUT2D eigenvalue weighted by atomic mass is 10.1. The molecular formula is C20H23FN2O4. The van der Waals surface area contributed by atoms with Gasteiger partial charge in [0, 0.05) is 17.8 Å². The maximum atomic E-state index is 13.2. The van der Waals surface area contributed by atoms with Gasteiger partial charge >= 0.3 is 6.09 Å². The molecule has 6 nitrogen and oxygen atoms in total. The van der Waals surface area contributed by atoms with Gasteiger partial charge in [-0.3, -0.25) is 10.1 Å². The minimum absolute atomic E-state index is 0.0554. The molecule has 1 unspecified atom stereocenters. The summed E-state index contributed by atoms with van der Waals surface area (Å²) in [6, 6.07) is 11.8. The van der Waals surface area contributed by atoms with E-state index in [1.807, 2.05) is 0 Å². The lowest BCUT2D eigenvalue weighted by molar-refractivity contribution is 0.0635. The van der Waals surface area contributed by atoms with Crippen LogP contribution >= 0.6 is 0 Å². The van der Waals surface area contributed by atoms with Gasteiger partial charge in [0.1, 0.15) is 11.4 Å². The highest BCUT2D eigenvalue weighted by molar-refractivity contribution is 5.95. The quantitative estimate of drug-likeness (QED) is 0.746. The molecule has 1 atom stereocenters. The van der Waals surface area contributed by atoms with Crippen LogP contribution in [-0.4, -0.2) is 29.3 Å². The summed E-state index contributed by atoms with van der Waals surface area (Å²) in [6.45, 7) is 5.23. The van der Waals surface area contributed by atoms with E-state index in [0.717, 1.165) is 0 Å². The molecule has 144 valence electrons. The van der Waals surface area contributed by atoms with Gasteiger partial charge in [0.25, 0.3) is 5.91 Å². The summed E-state index contributed by atoms with van der Waals surface area (Å²) in [5.74, 6) is -0.847. The van der Waals surface area contributed by atoms with Gasteiger partial charge in [-0.2, -0.15) is 0 Å². The summed E-state index contributed by atoms with van der Waals surface area (Å²) in [4.78, 5) is 23.9. The first-order valence-electron chi connectivity index (χ1n) is 8.46. The summed E-state index contributed by atoms with van der Waals surface area (Å²) in [7, 11) is 0. The number of benzene rings is 2. The maximum Gasteiger partial charge on any atom is 0.412 e. The van der Waals surface area contributed by atoms with Crippen LogP contribution in [0.5, 0.6) is 0 Å². The Labute approximate surface area is 157 Å². The molecule has 3 N–H and O–H groups in total. The zero-order valence-electron chi connectivity index (χ0n) is 15.5. The zero-order valence-corrected chi connectivity index (χ0v) is 15.5. The number of hydrogen-bond acceptors (Lipinski definition) is 4. The van der Waals surface area contributed by atoms with E-state index in [1.54, 1.807) is 39.0 Å². The third-order valence-electron chi connectivity index (χ3n) is 3.48. The molecule has 2 aromatic rings. The Bertz CT molecular complexity index is 800. The third-order valence-corrected chi connectivity index (χ3v) is 3.48. The minimum Gasteiger partial charge on any atom is -0.444 e. The number of rotatable bonds is 5. The van der Waals surface area contributed by atoms with Crippen molar-refractivity contribution in [3.63, 3.8) is 0 Å². The molecule has 0 saturated heterocycles. The number of amides is 2. The van der Waals surface area contributed by atoms with Crippen LogP contribution in [0.25, 0.3) is 0 Å². The predicted octanol–water partition coefficient (Wildman–Crippen LogP) is 3.64. The van der Waals surface area contributed by atoms with Gasteiger partial charge in [-0.25, -0.2) is 9.18 Å². The number of carbonyl (C=O) groups excluding carboxylic acids is 2. The largest absolute Gasteiger partial charge is 0.444 e. The molecule has 0 saturated carbocycles. The Kier molecular flexibility index (Phi) is 6.52. The van der Waals surface area contributed by atoms with Crippen molar-refractivity contribution in [3.05, 3.63) is 65.5 Å². The fraction of sp³-hybridized carbons (Fsp3) is 0.300. The van der Waals surface area contributed by atoms with Gasteiger partial charge in [0.15, 0.2) is 0 Å². The minimum atomic E-state index is -1.02. The molecule has 2 rings (SSSR count). The maximum absolute atomic E-state index is 13.2. The van der Waals surface area contributed by atoms with E-state index in [2.05, 4.69) is 10.6 Å². The summed E-state index contributed by atoms with van der Waals surface area (Å²) in [5.41, 5.74) is 0.621. The number of carbonyl (C=O) groups is 2. The molecule has 2 amide bonds. The number of nitrogens with one attached hydrogen (secondary N) is 2. The number of halogens is 1. The average Bonchev–Trinajstić information content (AvgIpc) is 2.58. The van der Waals surface area contributed by atoms with Crippen molar-refractivity contribution >= 4 is 17.7 Å².